The molecule has 0 bridgehead atoms. The lowest BCUT2D eigenvalue weighted by atomic mass is 9.98. The van der Waals surface area contributed by atoms with Gasteiger partial charge in [-0.3, -0.25) is 0 Å². The summed E-state index contributed by atoms with van der Waals surface area (Å²) in [5.41, 5.74) is 14.3. The Morgan fingerprint density at radius 2 is 0.690 bits per heavy atom. The highest BCUT2D eigenvalue weighted by molar-refractivity contribution is 6.16. The van der Waals surface area contributed by atoms with E-state index in [1.165, 1.54) is 43.8 Å². The molecule has 0 aliphatic heterocycles. The molecule has 11 aromatic rings. The van der Waals surface area contributed by atoms with Gasteiger partial charge in [-0.1, -0.05) is 194 Å². The smallest absolute Gasteiger partial charge is 0.143 e. The fraction of sp³-hybridized carbons (Fsp3) is 0. The Morgan fingerprint density at radius 3 is 1.29 bits per heavy atom. The largest absolute Gasteiger partial charge is 0.455 e. The van der Waals surface area contributed by atoms with E-state index in [1.54, 1.807) is 0 Å². The van der Waals surface area contributed by atoms with Gasteiger partial charge in [-0.05, 0) is 79.9 Å². The summed E-state index contributed by atoms with van der Waals surface area (Å²) < 4.78 is 6.80. The molecule has 0 saturated carbocycles. The van der Waals surface area contributed by atoms with Gasteiger partial charge < -0.3 is 9.32 Å². The van der Waals surface area contributed by atoms with E-state index in [0.717, 1.165) is 61.3 Å². The minimum atomic E-state index is 0.901. The van der Waals surface area contributed by atoms with Crippen molar-refractivity contribution < 1.29 is 4.42 Å². The first-order valence-corrected chi connectivity index (χ1v) is 19.8. The number of para-hydroxylation sites is 2. The molecule has 10 aromatic carbocycles. The van der Waals surface area contributed by atoms with Crippen LogP contribution in [0.4, 0.5) is 17.1 Å². The summed E-state index contributed by atoms with van der Waals surface area (Å²) in [6.07, 6.45) is 0. The van der Waals surface area contributed by atoms with E-state index in [4.69, 9.17) is 4.42 Å². The Balaban J connectivity index is 1.02. The van der Waals surface area contributed by atoms with Crippen LogP contribution in [0.15, 0.2) is 229 Å². The van der Waals surface area contributed by atoms with Gasteiger partial charge >= 0.3 is 0 Å². The fourth-order valence-electron chi connectivity index (χ4n) is 8.62. The van der Waals surface area contributed by atoms with Crippen molar-refractivity contribution in [2.24, 2.45) is 0 Å². The van der Waals surface area contributed by atoms with Gasteiger partial charge in [0.2, 0.25) is 0 Å². The minimum Gasteiger partial charge on any atom is -0.455 e. The molecule has 0 N–H and O–H groups in total. The molecule has 1 heterocycles. The highest BCUT2D eigenvalue weighted by Gasteiger charge is 2.19. The number of benzene rings is 10. The summed E-state index contributed by atoms with van der Waals surface area (Å²) in [6.45, 7) is 0. The van der Waals surface area contributed by atoms with Crippen molar-refractivity contribution >= 4 is 60.5 Å². The van der Waals surface area contributed by atoms with Crippen LogP contribution < -0.4 is 4.90 Å². The average molecular weight is 740 g/mol. The topological polar surface area (TPSA) is 16.4 Å². The molecule has 11 rings (SSSR count). The molecule has 2 heteroatoms. The number of fused-ring (bicyclic) bond motifs is 6. The van der Waals surface area contributed by atoms with Crippen molar-refractivity contribution in [1.82, 2.24) is 0 Å². The van der Waals surface area contributed by atoms with Crippen LogP contribution in [0.3, 0.4) is 0 Å². The van der Waals surface area contributed by atoms with E-state index in [1.807, 2.05) is 0 Å². The normalized spacial score (nSPS) is 11.4. The molecule has 0 unspecified atom stereocenters. The Labute approximate surface area is 337 Å². The molecule has 58 heavy (non-hydrogen) atoms. The zero-order valence-corrected chi connectivity index (χ0v) is 31.7. The van der Waals surface area contributed by atoms with Gasteiger partial charge in [0.25, 0.3) is 0 Å². The summed E-state index contributed by atoms with van der Waals surface area (Å²) >= 11 is 0. The van der Waals surface area contributed by atoms with Crippen LogP contribution in [-0.2, 0) is 0 Å². The SMILES string of the molecule is c1ccc(-c2ccc(-c3ccc(N(c4ccc(-c5cccc6c5oc5c(-c7ccccc7)cccc56)cc4)c4cccc5ccc6ccccc6c45)cc3)cc2)cc1. The van der Waals surface area contributed by atoms with Gasteiger partial charge in [0.15, 0.2) is 0 Å². The number of anilines is 3. The quantitative estimate of drug-likeness (QED) is 0.151. The van der Waals surface area contributed by atoms with Crippen molar-refractivity contribution in [3.8, 4) is 44.5 Å². The minimum absolute atomic E-state index is 0.901. The number of hydrogen-bond donors (Lipinski definition) is 0. The predicted octanol–water partition coefficient (Wildman–Crippen LogP) is 16.0. The molecular weight excluding hydrogens is 703 g/mol. The molecule has 1 aromatic heterocycles. The standard InChI is InChI=1S/C56H37NO/c1-3-12-38(13-4-1)39-24-26-40(27-25-39)41-30-34-46(35-31-41)57(53-23-9-17-45-29-28-43-16-7-8-18-48(43)54(45)53)47-36-32-44(33-37-47)50-20-11-22-52-51-21-10-19-49(55(51)58-56(50)52)42-14-5-2-6-15-42/h1-37H. The summed E-state index contributed by atoms with van der Waals surface area (Å²) in [6, 6.07) is 80.5. The fourth-order valence-corrected chi connectivity index (χ4v) is 8.62. The van der Waals surface area contributed by atoms with E-state index < -0.39 is 0 Å². The van der Waals surface area contributed by atoms with Gasteiger partial charge in [-0.2, -0.15) is 0 Å². The highest BCUT2D eigenvalue weighted by Crippen LogP contribution is 2.44. The molecule has 0 aliphatic rings. The third-order valence-corrected chi connectivity index (χ3v) is 11.5. The lowest BCUT2D eigenvalue weighted by Gasteiger charge is -2.28. The third kappa shape index (κ3) is 5.82. The molecule has 0 saturated heterocycles. The Kier molecular flexibility index (Phi) is 8.19. The second-order valence-electron chi connectivity index (χ2n) is 14.9. The predicted molar refractivity (Wildman–Crippen MR) is 245 cm³/mol. The van der Waals surface area contributed by atoms with E-state index >= 15 is 0 Å². The first kappa shape index (κ1) is 33.6. The summed E-state index contributed by atoms with van der Waals surface area (Å²) in [5.74, 6) is 0. The van der Waals surface area contributed by atoms with Crippen LogP contribution in [0.2, 0.25) is 0 Å². The van der Waals surface area contributed by atoms with Crippen molar-refractivity contribution in [3.05, 3.63) is 224 Å². The Hall–Kier alpha value is -7.68. The molecule has 0 radical (unpaired) electrons. The maximum atomic E-state index is 6.80. The molecule has 272 valence electrons. The summed E-state index contributed by atoms with van der Waals surface area (Å²) in [7, 11) is 0. The lowest BCUT2D eigenvalue weighted by Crippen LogP contribution is -2.10. The van der Waals surface area contributed by atoms with E-state index in [2.05, 4.69) is 229 Å². The first-order chi connectivity index (χ1) is 28.8. The highest BCUT2D eigenvalue weighted by atomic mass is 16.3. The van der Waals surface area contributed by atoms with Gasteiger partial charge in [-0.15, -0.1) is 0 Å². The number of hydrogen-bond acceptors (Lipinski definition) is 2. The molecule has 0 spiro atoms. The second-order valence-corrected chi connectivity index (χ2v) is 14.9. The maximum absolute atomic E-state index is 6.80. The molecule has 0 fully saturated rings. The van der Waals surface area contributed by atoms with Crippen LogP contribution in [0.5, 0.6) is 0 Å². The van der Waals surface area contributed by atoms with Gasteiger partial charge in [0.05, 0.1) is 5.69 Å². The van der Waals surface area contributed by atoms with Crippen molar-refractivity contribution in [2.75, 3.05) is 4.90 Å². The van der Waals surface area contributed by atoms with Crippen molar-refractivity contribution in [3.63, 3.8) is 0 Å². The summed E-state index contributed by atoms with van der Waals surface area (Å²) in [4.78, 5) is 2.40. The van der Waals surface area contributed by atoms with Gasteiger partial charge in [0, 0.05) is 38.7 Å². The van der Waals surface area contributed by atoms with Gasteiger partial charge in [0.1, 0.15) is 11.2 Å². The molecule has 0 atom stereocenters. The van der Waals surface area contributed by atoms with E-state index in [9.17, 15) is 0 Å². The first-order valence-electron chi connectivity index (χ1n) is 19.8. The number of nitrogens with zero attached hydrogens (tertiary/aromatic N) is 1. The second kappa shape index (κ2) is 14.1. The zero-order chi connectivity index (χ0) is 38.4. The average Bonchev–Trinajstić information content (AvgIpc) is 3.70. The van der Waals surface area contributed by atoms with E-state index in [-0.39, 0.29) is 0 Å². The number of rotatable bonds is 7. The van der Waals surface area contributed by atoms with Crippen LogP contribution in [0.1, 0.15) is 0 Å². The van der Waals surface area contributed by atoms with Crippen molar-refractivity contribution in [1.29, 1.82) is 0 Å². The lowest BCUT2D eigenvalue weighted by molar-refractivity contribution is 0.671. The van der Waals surface area contributed by atoms with Crippen LogP contribution in [0, 0.1) is 0 Å². The maximum Gasteiger partial charge on any atom is 0.143 e. The number of furan rings is 1. The monoisotopic (exact) mass is 739 g/mol. The summed E-state index contributed by atoms with van der Waals surface area (Å²) in [5, 5.41) is 7.14. The van der Waals surface area contributed by atoms with Crippen LogP contribution in [-0.4, -0.2) is 0 Å². The Bertz CT molecular complexity index is 3240. The van der Waals surface area contributed by atoms with Crippen LogP contribution in [0.25, 0.3) is 88.0 Å². The van der Waals surface area contributed by atoms with Crippen molar-refractivity contribution in [2.45, 2.75) is 0 Å². The zero-order valence-electron chi connectivity index (χ0n) is 31.7. The van der Waals surface area contributed by atoms with Gasteiger partial charge in [-0.25, -0.2) is 0 Å². The molecular formula is C56H37NO. The van der Waals surface area contributed by atoms with E-state index in [0.29, 0.717) is 0 Å². The third-order valence-electron chi connectivity index (χ3n) is 11.5. The van der Waals surface area contributed by atoms with Crippen LogP contribution >= 0.6 is 0 Å². The molecule has 0 amide bonds. The Morgan fingerprint density at radius 1 is 0.276 bits per heavy atom. The molecule has 0 aliphatic carbocycles. The molecule has 2 nitrogen and oxygen atoms in total.